The smallest absolute Gasteiger partial charge is 0.165 e. The third-order valence-electron chi connectivity index (χ3n) is 3.35. The van der Waals surface area contributed by atoms with Gasteiger partial charge in [-0.15, -0.1) is 10.2 Å². The summed E-state index contributed by atoms with van der Waals surface area (Å²) in [4.78, 5) is 0. The van der Waals surface area contributed by atoms with Crippen LogP contribution >= 0.6 is 0 Å². The van der Waals surface area contributed by atoms with Crippen LogP contribution in [0.2, 0.25) is 0 Å². The Bertz CT molecular complexity index is 771. The Labute approximate surface area is 121 Å². The molecule has 2 aromatic heterocycles. The van der Waals surface area contributed by atoms with Gasteiger partial charge in [-0.1, -0.05) is 12.1 Å². The Kier molecular flexibility index (Phi) is 3.53. The summed E-state index contributed by atoms with van der Waals surface area (Å²) in [6, 6.07) is 10.0. The molecule has 5 nitrogen and oxygen atoms in total. The molecule has 21 heavy (non-hydrogen) atoms. The van der Waals surface area contributed by atoms with Crippen molar-refractivity contribution in [3.63, 3.8) is 0 Å². The minimum Gasteiger partial charge on any atom is -0.505 e. The fourth-order valence-electron chi connectivity index (χ4n) is 2.18. The Morgan fingerprint density at radius 2 is 2.14 bits per heavy atom. The van der Waals surface area contributed by atoms with Gasteiger partial charge in [0.15, 0.2) is 23.0 Å². The topological polar surface area (TPSA) is 62.5 Å². The van der Waals surface area contributed by atoms with E-state index in [0.717, 1.165) is 17.0 Å². The molecule has 0 aliphatic rings. The van der Waals surface area contributed by atoms with Crippen molar-refractivity contribution in [2.24, 2.45) is 0 Å². The van der Waals surface area contributed by atoms with Crippen molar-refractivity contribution in [2.75, 3.05) is 0 Å². The predicted octanol–water partition coefficient (Wildman–Crippen LogP) is 2.42. The Balaban J connectivity index is 1.74. The average molecular weight is 286 g/mol. The van der Waals surface area contributed by atoms with Crippen LogP contribution in [0, 0.1) is 5.82 Å². The molecular weight excluding hydrogens is 271 g/mol. The van der Waals surface area contributed by atoms with Crippen molar-refractivity contribution in [3.05, 3.63) is 59.8 Å². The number of rotatable bonds is 4. The molecule has 0 bridgehead atoms. The molecule has 1 atom stereocenters. The first-order chi connectivity index (χ1) is 10.1. The highest BCUT2D eigenvalue weighted by Gasteiger charge is 2.12. The molecule has 1 unspecified atom stereocenters. The Hall–Kier alpha value is -2.47. The molecule has 0 saturated carbocycles. The lowest BCUT2D eigenvalue weighted by Crippen LogP contribution is -2.20. The fraction of sp³-hybridized carbons (Fsp3) is 0.200. The van der Waals surface area contributed by atoms with Gasteiger partial charge in [-0.25, -0.2) is 4.39 Å². The molecule has 0 aliphatic heterocycles. The number of hydrogen-bond donors (Lipinski definition) is 2. The summed E-state index contributed by atoms with van der Waals surface area (Å²) >= 11 is 0. The lowest BCUT2D eigenvalue weighted by atomic mass is 10.2. The van der Waals surface area contributed by atoms with Crippen LogP contribution in [-0.2, 0) is 6.54 Å². The molecule has 0 radical (unpaired) electrons. The number of hydrogen-bond acceptors (Lipinski definition) is 4. The molecule has 108 valence electrons. The van der Waals surface area contributed by atoms with Crippen molar-refractivity contribution in [2.45, 2.75) is 19.5 Å². The molecule has 3 rings (SSSR count). The minimum atomic E-state index is -0.616. The first-order valence-electron chi connectivity index (χ1n) is 6.65. The zero-order chi connectivity index (χ0) is 14.8. The number of nitrogens with one attached hydrogen (secondary N) is 1. The van der Waals surface area contributed by atoms with Gasteiger partial charge in [0.1, 0.15) is 0 Å². The Morgan fingerprint density at radius 1 is 1.29 bits per heavy atom. The second-order valence-electron chi connectivity index (χ2n) is 4.88. The van der Waals surface area contributed by atoms with Gasteiger partial charge in [-0.3, -0.25) is 4.40 Å². The minimum absolute atomic E-state index is 0.0423. The van der Waals surface area contributed by atoms with E-state index in [0.29, 0.717) is 6.54 Å². The summed E-state index contributed by atoms with van der Waals surface area (Å²) in [5, 5.41) is 20.7. The predicted molar refractivity (Wildman–Crippen MR) is 76.3 cm³/mol. The van der Waals surface area contributed by atoms with Crippen LogP contribution in [0.4, 0.5) is 4.39 Å². The van der Waals surface area contributed by atoms with Crippen molar-refractivity contribution in [3.8, 4) is 5.75 Å². The first-order valence-corrected chi connectivity index (χ1v) is 6.65. The monoisotopic (exact) mass is 286 g/mol. The van der Waals surface area contributed by atoms with E-state index in [1.807, 2.05) is 35.7 Å². The van der Waals surface area contributed by atoms with E-state index in [9.17, 15) is 9.50 Å². The number of nitrogens with zero attached hydrogens (tertiary/aromatic N) is 3. The lowest BCUT2D eigenvalue weighted by Gasteiger charge is -2.12. The highest BCUT2D eigenvalue weighted by atomic mass is 19.1. The fourth-order valence-corrected chi connectivity index (χ4v) is 2.18. The maximum atomic E-state index is 13.3. The van der Waals surface area contributed by atoms with Gasteiger partial charge >= 0.3 is 0 Å². The van der Waals surface area contributed by atoms with Crippen molar-refractivity contribution < 1.29 is 9.50 Å². The first kappa shape index (κ1) is 13.5. The molecule has 0 saturated heterocycles. The highest BCUT2D eigenvalue weighted by molar-refractivity contribution is 5.37. The number of phenolic OH excluding ortho intramolecular Hbond substituents is 1. The molecule has 1 aromatic carbocycles. The molecule has 3 aromatic rings. The largest absolute Gasteiger partial charge is 0.505 e. The molecule has 0 fully saturated rings. The molecule has 0 spiro atoms. The third-order valence-corrected chi connectivity index (χ3v) is 3.35. The standard InChI is InChI=1S/C15H15FN4O/c1-10(15-19-18-14-4-2-3-7-20(14)15)17-9-11-5-6-13(21)12(16)8-11/h2-8,10,17,21H,9H2,1H3. The number of pyridine rings is 1. The van der Waals surface area contributed by atoms with Crippen molar-refractivity contribution in [1.29, 1.82) is 0 Å². The number of aromatic nitrogens is 3. The molecular formula is C15H15FN4O. The lowest BCUT2D eigenvalue weighted by molar-refractivity contribution is 0.431. The van der Waals surface area contributed by atoms with Crippen molar-refractivity contribution in [1.82, 2.24) is 19.9 Å². The van der Waals surface area contributed by atoms with Gasteiger partial charge in [0, 0.05) is 12.7 Å². The molecule has 0 amide bonds. The highest BCUT2D eigenvalue weighted by Crippen LogP contribution is 2.17. The van der Waals surface area contributed by atoms with Gasteiger partial charge in [0.25, 0.3) is 0 Å². The van der Waals surface area contributed by atoms with Gasteiger partial charge in [-0.2, -0.15) is 0 Å². The van der Waals surface area contributed by atoms with Crippen LogP contribution in [0.1, 0.15) is 24.4 Å². The van der Waals surface area contributed by atoms with Crippen LogP contribution in [0.25, 0.3) is 5.65 Å². The van der Waals surface area contributed by atoms with E-state index in [-0.39, 0.29) is 11.8 Å². The van der Waals surface area contributed by atoms with E-state index >= 15 is 0 Å². The summed E-state index contributed by atoms with van der Waals surface area (Å²) < 4.78 is 15.2. The maximum absolute atomic E-state index is 13.3. The van der Waals surface area contributed by atoms with E-state index in [2.05, 4.69) is 15.5 Å². The summed E-state index contributed by atoms with van der Waals surface area (Å²) in [6.45, 7) is 2.44. The van der Waals surface area contributed by atoms with E-state index in [1.54, 1.807) is 6.07 Å². The second kappa shape index (κ2) is 5.49. The Morgan fingerprint density at radius 3 is 2.95 bits per heavy atom. The van der Waals surface area contributed by atoms with Gasteiger partial charge in [-0.05, 0) is 36.8 Å². The average Bonchev–Trinajstić information content (AvgIpc) is 2.92. The van der Waals surface area contributed by atoms with Crippen LogP contribution in [-0.4, -0.2) is 19.7 Å². The van der Waals surface area contributed by atoms with Gasteiger partial charge in [0.2, 0.25) is 0 Å². The second-order valence-corrected chi connectivity index (χ2v) is 4.88. The van der Waals surface area contributed by atoms with E-state index in [4.69, 9.17) is 0 Å². The SMILES string of the molecule is CC(NCc1ccc(O)c(F)c1)c1nnc2ccccn12. The van der Waals surface area contributed by atoms with Crippen LogP contribution < -0.4 is 5.32 Å². The van der Waals surface area contributed by atoms with Gasteiger partial charge < -0.3 is 10.4 Å². The third kappa shape index (κ3) is 2.71. The number of halogens is 1. The van der Waals surface area contributed by atoms with E-state index in [1.165, 1.54) is 12.1 Å². The maximum Gasteiger partial charge on any atom is 0.165 e. The quantitative estimate of drug-likeness (QED) is 0.773. The normalized spacial score (nSPS) is 12.7. The summed E-state index contributed by atoms with van der Waals surface area (Å²) in [6.07, 6.45) is 1.91. The molecule has 6 heteroatoms. The number of aromatic hydroxyl groups is 1. The van der Waals surface area contributed by atoms with Crippen LogP contribution in [0.15, 0.2) is 42.6 Å². The zero-order valence-electron chi connectivity index (χ0n) is 11.5. The zero-order valence-corrected chi connectivity index (χ0v) is 11.5. The summed E-state index contributed by atoms with van der Waals surface area (Å²) in [5.74, 6) is -0.157. The van der Waals surface area contributed by atoms with Gasteiger partial charge in [0.05, 0.1) is 6.04 Å². The summed E-state index contributed by atoms with van der Waals surface area (Å²) in [5.41, 5.74) is 1.54. The van der Waals surface area contributed by atoms with Crippen molar-refractivity contribution >= 4 is 5.65 Å². The van der Waals surface area contributed by atoms with E-state index < -0.39 is 5.82 Å². The van der Waals surface area contributed by atoms with Crippen LogP contribution in [0.3, 0.4) is 0 Å². The number of fused-ring (bicyclic) bond motifs is 1. The number of benzene rings is 1. The molecule has 2 N–H and O–H groups in total. The summed E-state index contributed by atoms with van der Waals surface area (Å²) in [7, 11) is 0. The van der Waals surface area contributed by atoms with Crippen LogP contribution in [0.5, 0.6) is 5.75 Å². The molecule has 0 aliphatic carbocycles. The number of phenols is 1. The molecule has 2 heterocycles.